The Morgan fingerprint density at radius 1 is 1.27 bits per heavy atom. The predicted octanol–water partition coefficient (Wildman–Crippen LogP) is 5.22. The number of carbonyl (C=O) groups excluding carboxylic acids is 1. The van der Waals surface area contributed by atoms with Crippen molar-refractivity contribution in [2.45, 2.75) is 32.2 Å². The van der Waals surface area contributed by atoms with Crippen LogP contribution in [0.2, 0.25) is 0 Å². The van der Waals surface area contributed by atoms with Crippen molar-refractivity contribution >= 4 is 45.5 Å². The van der Waals surface area contributed by atoms with Crippen LogP contribution in [0, 0.1) is 13.8 Å². The first-order valence-corrected chi connectivity index (χ1v) is 11.9. The highest BCUT2D eigenvalue weighted by molar-refractivity contribution is 9.10. The van der Waals surface area contributed by atoms with Gasteiger partial charge in [0.2, 0.25) is 0 Å². The van der Waals surface area contributed by atoms with Crippen molar-refractivity contribution in [3.8, 4) is 5.75 Å². The minimum atomic E-state index is -0.253. The Labute approximate surface area is 205 Å². The second-order valence-electron chi connectivity index (χ2n) is 7.59. The summed E-state index contributed by atoms with van der Waals surface area (Å²) in [5, 5.41) is 12.0. The van der Waals surface area contributed by atoms with Crippen molar-refractivity contribution in [1.29, 1.82) is 0 Å². The molecule has 2 N–H and O–H groups in total. The Balaban J connectivity index is 1.48. The second kappa shape index (κ2) is 9.84. The third-order valence-electron chi connectivity index (χ3n) is 5.27. The van der Waals surface area contributed by atoms with E-state index >= 15 is 0 Å². The molecule has 1 aliphatic rings. The first kappa shape index (κ1) is 23.1. The number of methoxy groups -OCH3 is 1. The van der Waals surface area contributed by atoms with E-state index in [4.69, 9.17) is 4.74 Å². The van der Waals surface area contributed by atoms with Crippen molar-refractivity contribution in [3.63, 3.8) is 0 Å². The number of amides is 1. The van der Waals surface area contributed by atoms with Crippen LogP contribution in [0.15, 0.2) is 67.5 Å². The van der Waals surface area contributed by atoms with Gasteiger partial charge in [-0.05, 0) is 72.6 Å². The molecule has 0 spiro atoms. The Bertz CT molecular complexity index is 1280. The van der Waals surface area contributed by atoms with Crippen LogP contribution in [-0.4, -0.2) is 29.0 Å². The fraction of sp³-hybridized carbons (Fsp3) is 0.208. The van der Waals surface area contributed by atoms with Crippen LogP contribution in [0.25, 0.3) is 0 Å². The van der Waals surface area contributed by atoms with Gasteiger partial charge in [0.05, 0.1) is 46.3 Å². The zero-order valence-corrected chi connectivity index (χ0v) is 21.2. The van der Waals surface area contributed by atoms with Gasteiger partial charge in [0.1, 0.15) is 5.75 Å². The molecule has 0 aliphatic carbocycles. The molecule has 0 saturated heterocycles. The van der Waals surface area contributed by atoms with Crippen LogP contribution in [0.5, 0.6) is 5.75 Å². The number of allylic oxidation sites excluding steroid dienone is 1. The maximum atomic E-state index is 12.7. The van der Waals surface area contributed by atoms with Gasteiger partial charge >= 0.3 is 0 Å². The van der Waals surface area contributed by atoms with E-state index in [9.17, 15) is 4.79 Å². The Kier molecular flexibility index (Phi) is 6.90. The second-order valence-corrected chi connectivity index (χ2v) is 9.44. The predicted molar refractivity (Wildman–Crippen MR) is 136 cm³/mol. The van der Waals surface area contributed by atoms with Crippen molar-refractivity contribution in [3.05, 3.63) is 80.1 Å². The number of benzene rings is 2. The molecule has 33 heavy (non-hydrogen) atoms. The molecule has 1 aliphatic heterocycles. The van der Waals surface area contributed by atoms with Gasteiger partial charge in [-0.1, -0.05) is 23.9 Å². The lowest BCUT2D eigenvalue weighted by atomic mass is 10.1. The lowest BCUT2D eigenvalue weighted by Gasteiger charge is -2.20. The number of hydrogen-bond donors (Lipinski definition) is 2. The SMILES string of the molecule is COc1ccc(C=NNC(=O)C2=C(C)Nc3ccccc3S2)cc1Cn1nc(C)c(Br)c1C. The molecule has 3 aromatic rings. The highest BCUT2D eigenvalue weighted by Crippen LogP contribution is 2.39. The molecular formula is C24H24BrN5O2S. The molecule has 0 fully saturated rings. The maximum Gasteiger partial charge on any atom is 0.279 e. The summed E-state index contributed by atoms with van der Waals surface area (Å²) in [5.41, 5.74) is 8.23. The topological polar surface area (TPSA) is 80.5 Å². The number of thioether (sulfide) groups is 1. The number of aromatic nitrogens is 2. The van der Waals surface area contributed by atoms with Gasteiger partial charge in [-0.2, -0.15) is 10.2 Å². The van der Waals surface area contributed by atoms with E-state index < -0.39 is 0 Å². The molecule has 2 heterocycles. The van der Waals surface area contributed by atoms with E-state index in [1.54, 1.807) is 13.3 Å². The highest BCUT2D eigenvalue weighted by atomic mass is 79.9. The standard InChI is InChI=1S/C24H24BrN5O2S/c1-14-22(25)16(3)30(29-14)13-18-11-17(9-10-20(18)32-4)12-26-28-24(31)23-15(2)27-19-7-5-6-8-21(19)33-23/h5-12,27H,13H2,1-4H3,(H,28,31). The Hall–Kier alpha value is -3.04. The van der Waals surface area contributed by atoms with Crippen LogP contribution in [0.1, 0.15) is 29.4 Å². The summed E-state index contributed by atoms with van der Waals surface area (Å²) in [4.78, 5) is 14.3. The number of rotatable bonds is 6. The lowest BCUT2D eigenvalue weighted by Crippen LogP contribution is -2.22. The van der Waals surface area contributed by atoms with Crippen LogP contribution < -0.4 is 15.5 Å². The molecular weight excluding hydrogens is 502 g/mol. The summed E-state index contributed by atoms with van der Waals surface area (Å²) >= 11 is 5.00. The van der Waals surface area contributed by atoms with E-state index in [2.05, 4.69) is 36.9 Å². The molecule has 1 aromatic heterocycles. The third-order valence-corrected chi connectivity index (χ3v) is 7.68. The molecule has 0 radical (unpaired) electrons. The highest BCUT2D eigenvalue weighted by Gasteiger charge is 2.21. The van der Waals surface area contributed by atoms with Crippen molar-refractivity contribution < 1.29 is 9.53 Å². The first-order valence-electron chi connectivity index (χ1n) is 10.3. The number of halogens is 1. The van der Waals surface area contributed by atoms with Gasteiger partial charge in [-0.25, -0.2) is 5.43 Å². The van der Waals surface area contributed by atoms with Crippen LogP contribution >= 0.6 is 27.7 Å². The number of ether oxygens (including phenoxy) is 1. The van der Waals surface area contributed by atoms with E-state index in [0.29, 0.717) is 11.4 Å². The van der Waals surface area contributed by atoms with E-state index in [1.165, 1.54) is 11.8 Å². The number of fused-ring (bicyclic) bond motifs is 1. The number of anilines is 1. The number of hydrogen-bond acceptors (Lipinski definition) is 6. The summed E-state index contributed by atoms with van der Waals surface area (Å²) in [6.45, 7) is 6.43. The Morgan fingerprint density at radius 2 is 2.06 bits per heavy atom. The molecule has 4 rings (SSSR count). The number of nitrogens with one attached hydrogen (secondary N) is 2. The minimum absolute atomic E-state index is 0.253. The summed E-state index contributed by atoms with van der Waals surface area (Å²) in [6.07, 6.45) is 1.63. The molecule has 1 amide bonds. The monoisotopic (exact) mass is 525 g/mol. The quantitative estimate of drug-likeness (QED) is 0.340. The van der Waals surface area contributed by atoms with Gasteiger partial charge in [-0.15, -0.1) is 0 Å². The van der Waals surface area contributed by atoms with Gasteiger partial charge in [0.25, 0.3) is 5.91 Å². The molecule has 0 bridgehead atoms. The van der Waals surface area contributed by atoms with Crippen LogP contribution in [-0.2, 0) is 11.3 Å². The normalized spacial score (nSPS) is 13.1. The molecule has 0 saturated carbocycles. The van der Waals surface area contributed by atoms with Crippen LogP contribution in [0.4, 0.5) is 5.69 Å². The molecule has 170 valence electrons. The number of aryl methyl sites for hydroxylation is 1. The van der Waals surface area contributed by atoms with Gasteiger partial charge in [0.15, 0.2) is 0 Å². The number of hydrazone groups is 1. The molecule has 0 unspecified atom stereocenters. The summed E-state index contributed by atoms with van der Waals surface area (Å²) < 4.78 is 8.46. The average molecular weight is 526 g/mol. The summed E-state index contributed by atoms with van der Waals surface area (Å²) in [7, 11) is 1.65. The first-order chi connectivity index (χ1) is 15.9. The maximum absolute atomic E-state index is 12.7. The number of para-hydroxylation sites is 1. The van der Waals surface area contributed by atoms with E-state index in [1.807, 2.05) is 67.9 Å². The average Bonchev–Trinajstić information content (AvgIpc) is 3.05. The summed E-state index contributed by atoms with van der Waals surface area (Å²) in [6, 6.07) is 13.7. The van der Waals surface area contributed by atoms with Crippen molar-refractivity contribution in [2.75, 3.05) is 12.4 Å². The number of nitrogens with zero attached hydrogens (tertiary/aromatic N) is 3. The minimum Gasteiger partial charge on any atom is -0.496 e. The van der Waals surface area contributed by atoms with Gasteiger partial charge < -0.3 is 10.1 Å². The zero-order chi connectivity index (χ0) is 23.5. The molecule has 9 heteroatoms. The Morgan fingerprint density at radius 3 is 2.79 bits per heavy atom. The zero-order valence-electron chi connectivity index (χ0n) is 18.8. The van der Waals surface area contributed by atoms with Gasteiger partial charge in [0, 0.05) is 16.2 Å². The molecule has 2 aromatic carbocycles. The van der Waals surface area contributed by atoms with Gasteiger partial charge in [-0.3, -0.25) is 9.48 Å². The van der Waals surface area contributed by atoms with Crippen LogP contribution in [0.3, 0.4) is 0 Å². The fourth-order valence-electron chi connectivity index (χ4n) is 3.53. The largest absolute Gasteiger partial charge is 0.496 e. The van der Waals surface area contributed by atoms with E-state index in [-0.39, 0.29) is 5.91 Å². The van der Waals surface area contributed by atoms with Crippen molar-refractivity contribution in [2.24, 2.45) is 5.10 Å². The molecule has 0 atom stereocenters. The smallest absolute Gasteiger partial charge is 0.279 e. The van der Waals surface area contributed by atoms with Crippen molar-refractivity contribution in [1.82, 2.24) is 15.2 Å². The van der Waals surface area contributed by atoms with E-state index in [0.717, 1.165) is 49.0 Å². The lowest BCUT2D eigenvalue weighted by molar-refractivity contribution is -0.116. The third kappa shape index (κ3) is 4.99. The number of carbonyl (C=O) groups is 1. The molecule has 7 nitrogen and oxygen atoms in total. The fourth-order valence-corrected chi connectivity index (χ4v) is 4.75. The summed E-state index contributed by atoms with van der Waals surface area (Å²) in [5.74, 6) is 0.515.